The van der Waals surface area contributed by atoms with E-state index in [0.717, 1.165) is 5.56 Å². The molecule has 0 fully saturated rings. The molecular weight excluding hydrogens is 432 g/mol. The second-order valence-corrected chi connectivity index (χ2v) is 7.92. The lowest BCUT2D eigenvalue weighted by molar-refractivity contribution is -0.139. The molecule has 7 nitrogen and oxygen atoms in total. The normalized spacial score (nSPS) is 15.1. The molecule has 1 aliphatic heterocycles. The molecule has 3 aromatic rings. The molecule has 0 unspecified atom stereocenters. The van der Waals surface area contributed by atoms with E-state index in [0.29, 0.717) is 28.2 Å². The largest absolute Gasteiger partial charge is 0.465 e. The molecule has 1 aliphatic rings. The third-order valence-corrected chi connectivity index (χ3v) is 6.05. The summed E-state index contributed by atoms with van der Waals surface area (Å²) in [5.74, 6) is -0.731. The van der Waals surface area contributed by atoms with E-state index in [1.807, 2.05) is 60.7 Å². The highest BCUT2D eigenvalue weighted by Gasteiger charge is 2.39. The number of hydrogen-bond acceptors (Lipinski definition) is 6. The van der Waals surface area contributed by atoms with Gasteiger partial charge in [0.2, 0.25) is 0 Å². The lowest BCUT2D eigenvalue weighted by Crippen LogP contribution is -2.41. The van der Waals surface area contributed by atoms with E-state index in [1.165, 1.54) is 11.7 Å². The van der Waals surface area contributed by atoms with Crippen LogP contribution in [0.3, 0.4) is 0 Å². The van der Waals surface area contributed by atoms with Crippen LogP contribution >= 0.6 is 0 Å². The van der Waals surface area contributed by atoms with E-state index in [-0.39, 0.29) is 17.7 Å². The van der Waals surface area contributed by atoms with Gasteiger partial charge in [-0.25, -0.2) is 9.59 Å². The van der Waals surface area contributed by atoms with Crippen molar-refractivity contribution in [3.63, 3.8) is 0 Å². The number of ether oxygens (including phenoxy) is 2. The monoisotopic (exact) mass is 458 g/mol. The maximum absolute atomic E-state index is 14.0. The van der Waals surface area contributed by atoms with E-state index in [9.17, 15) is 14.4 Å². The SMILES string of the molecule is CCOC(=O)C1=C(C)N(C)c2c(C(=O)OC)cc(-c3ccccc3)c(=O)n2[C@@H]1c1ccccc1. The molecule has 1 aromatic heterocycles. The zero-order valence-electron chi connectivity index (χ0n) is 19.6. The lowest BCUT2D eigenvalue weighted by atomic mass is 9.92. The van der Waals surface area contributed by atoms with Crippen molar-refractivity contribution < 1.29 is 19.1 Å². The van der Waals surface area contributed by atoms with Crippen LogP contribution in [0.2, 0.25) is 0 Å². The molecule has 174 valence electrons. The Morgan fingerprint density at radius 2 is 1.59 bits per heavy atom. The molecule has 1 atom stereocenters. The van der Waals surface area contributed by atoms with Crippen LogP contribution in [0.5, 0.6) is 0 Å². The Morgan fingerprint density at radius 1 is 0.971 bits per heavy atom. The maximum Gasteiger partial charge on any atom is 0.341 e. The van der Waals surface area contributed by atoms with E-state index >= 15 is 0 Å². The van der Waals surface area contributed by atoms with Crippen LogP contribution in [-0.2, 0) is 14.3 Å². The molecule has 34 heavy (non-hydrogen) atoms. The van der Waals surface area contributed by atoms with Gasteiger partial charge >= 0.3 is 11.9 Å². The van der Waals surface area contributed by atoms with Crippen LogP contribution in [0, 0.1) is 0 Å². The number of carbonyl (C=O) groups is 2. The van der Waals surface area contributed by atoms with Crippen LogP contribution in [0.4, 0.5) is 5.82 Å². The molecule has 2 heterocycles. The molecular formula is C27H26N2O5. The fourth-order valence-electron chi connectivity index (χ4n) is 4.38. The molecule has 0 saturated heterocycles. The second kappa shape index (κ2) is 9.39. The van der Waals surface area contributed by atoms with Crippen LogP contribution in [0.15, 0.2) is 82.8 Å². The van der Waals surface area contributed by atoms with E-state index in [1.54, 1.807) is 31.9 Å². The molecule has 0 spiro atoms. The zero-order chi connectivity index (χ0) is 24.4. The van der Waals surface area contributed by atoms with E-state index in [2.05, 4.69) is 0 Å². The van der Waals surface area contributed by atoms with Gasteiger partial charge in [0.1, 0.15) is 11.4 Å². The summed E-state index contributed by atoms with van der Waals surface area (Å²) in [5.41, 5.74) is 2.54. The minimum Gasteiger partial charge on any atom is -0.465 e. The number of rotatable bonds is 5. The van der Waals surface area contributed by atoms with Crippen molar-refractivity contribution >= 4 is 17.8 Å². The number of hydrogen-bond donors (Lipinski definition) is 0. The number of anilines is 1. The molecule has 4 rings (SSSR count). The Labute approximate surface area is 197 Å². The Kier molecular flexibility index (Phi) is 6.36. The third-order valence-electron chi connectivity index (χ3n) is 6.05. The van der Waals surface area contributed by atoms with Gasteiger partial charge < -0.3 is 14.4 Å². The number of benzene rings is 2. The number of pyridine rings is 1. The first kappa shape index (κ1) is 23.0. The van der Waals surface area contributed by atoms with Gasteiger partial charge in [-0.05, 0) is 31.0 Å². The van der Waals surface area contributed by atoms with Crippen LogP contribution in [0.25, 0.3) is 11.1 Å². The maximum atomic E-state index is 14.0. The number of carbonyl (C=O) groups excluding carboxylic acids is 2. The van der Waals surface area contributed by atoms with Gasteiger partial charge in [0.05, 0.1) is 25.3 Å². The summed E-state index contributed by atoms with van der Waals surface area (Å²) < 4.78 is 12.0. The van der Waals surface area contributed by atoms with Crippen LogP contribution in [-0.4, -0.2) is 37.3 Å². The van der Waals surface area contributed by atoms with E-state index in [4.69, 9.17) is 9.47 Å². The van der Waals surface area contributed by atoms with Gasteiger partial charge in [-0.15, -0.1) is 0 Å². The Balaban J connectivity index is 2.14. The summed E-state index contributed by atoms with van der Waals surface area (Å²) in [7, 11) is 3.02. The minimum atomic E-state index is -0.786. The number of aromatic nitrogens is 1. The molecule has 0 radical (unpaired) electrons. The van der Waals surface area contributed by atoms with Crippen LogP contribution < -0.4 is 10.5 Å². The molecule has 0 saturated carbocycles. The Bertz CT molecular complexity index is 1330. The van der Waals surface area contributed by atoms with Gasteiger partial charge in [0, 0.05) is 18.3 Å². The first-order valence-corrected chi connectivity index (χ1v) is 11.0. The summed E-state index contributed by atoms with van der Waals surface area (Å²) in [4.78, 5) is 41.8. The summed E-state index contributed by atoms with van der Waals surface area (Å²) >= 11 is 0. The minimum absolute atomic E-state index is 0.195. The predicted molar refractivity (Wildman–Crippen MR) is 130 cm³/mol. The summed E-state index contributed by atoms with van der Waals surface area (Å²) in [6, 6.07) is 19.2. The van der Waals surface area contributed by atoms with E-state index < -0.39 is 18.0 Å². The predicted octanol–water partition coefficient (Wildman–Crippen LogP) is 4.18. The van der Waals surface area contributed by atoms with Gasteiger partial charge in [0.15, 0.2) is 0 Å². The number of fused-ring (bicyclic) bond motifs is 1. The van der Waals surface area contributed by atoms with Gasteiger partial charge in [-0.3, -0.25) is 9.36 Å². The average Bonchev–Trinajstić information content (AvgIpc) is 2.86. The zero-order valence-corrected chi connectivity index (χ0v) is 19.6. The number of methoxy groups -OCH3 is 1. The van der Waals surface area contributed by atoms with Crippen molar-refractivity contribution in [2.75, 3.05) is 25.7 Å². The molecule has 0 aliphatic carbocycles. The van der Waals surface area contributed by atoms with Crippen molar-refractivity contribution in [1.29, 1.82) is 0 Å². The highest BCUT2D eigenvalue weighted by molar-refractivity contribution is 5.99. The molecule has 7 heteroatoms. The van der Waals surface area contributed by atoms with Crippen molar-refractivity contribution in [3.05, 3.63) is 99.5 Å². The second-order valence-electron chi connectivity index (χ2n) is 7.92. The van der Waals surface area contributed by atoms with Gasteiger partial charge in [-0.1, -0.05) is 60.7 Å². The van der Waals surface area contributed by atoms with Crippen LogP contribution in [0.1, 0.15) is 35.8 Å². The number of nitrogens with zero attached hydrogens (tertiary/aromatic N) is 2. The molecule has 0 amide bonds. The van der Waals surface area contributed by atoms with Gasteiger partial charge in [0.25, 0.3) is 5.56 Å². The number of allylic oxidation sites excluding steroid dienone is 1. The molecule has 0 N–H and O–H groups in total. The third kappa shape index (κ3) is 3.79. The number of esters is 2. The van der Waals surface area contributed by atoms with Gasteiger partial charge in [-0.2, -0.15) is 0 Å². The smallest absolute Gasteiger partial charge is 0.341 e. The quantitative estimate of drug-likeness (QED) is 0.534. The lowest BCUT2D eigenvalue weighted by Gasteiger charge is -2.38. The fourth-order valence-corrected chi connectivity index (χ4v) is 4.38. The topological polar surface area (TPSA) is 77.8 Å². The summed E-state index contributed by atoms with van der Waals surface area (Å²) in [5, 5.41) is 0. The molecule has 2 aromatic carbocycles. The first-order valence-electron chi connectivity index (χ1n) is 11.0. The Hall–Kier alpha value is -4.13. The highest BCUT2D eigenvalue weighted by Crippen LogP contribution is 2.40. The highest BCUT2D eigenvalue weighted by atomic mass is 16.5. The first-order chi connectivity index (χ1) is 16.4. The average molecular weight is 459 g/mol. The van der Waals surface area contributed by atoms with Crippen molar-refractivity contribution in [1.82, 2.24) is 4.57 Å². The van der Waals surface area contributed by atoms with Crippen molar-refractivity contribution in [2.45, 2.75) is 19.9 Å². The molecule has 0 bridgehead atoms. The standard InChI is InChI=1S/C27H26N2O5/c1-5-34-27(32)22-17(2)28(3)24-21(26(31)33-4)16-20(18-12-8-6-9-13-18)25(30)29(24)23(22)19-14-10-7-11-15-19/h6-16,23H,5H2,1-4H3/t23-/m1/s1. The van der Waals surface area contributed by atoms with Crippen molar-refractivity contribution in [2.24, 2.45) is 0 Å². The summed E-state index contributed by atoms with van der Waals surface area (Å²) in [6.07, 6.45) is 0. The fraction of sp³-hybridized carbons (Fsp3) is 0.222. The summed E-state index contributed by atoms with van der Waals surface area (Å²) in [6.45, 7) is 3.71. The van der Waals surface area contributed by atoms with Crippen molar-refractivity contribution in [3.8, 4) is 11.1 Å². The Morgan fingerprint density at radius 3 is 2.18 bits per heavy atom.